The molecule has 1 heterocycles. The maximum atomic E-state index is 5.83. The fraction of sp³-hybridized carbons (Fsp3) is 0.353. The fourth-order valence-corrected chi connectivity index (χ4v) is 2.15. The predicted molar refractivity (Wildman–Crippen MR) is 82.1 cm³/mol. The molecule has 1 aromatic heterocycles. The molecule has 0 spiro atoms. The number of aryl methyl sites for hydroxylation is 1. The molecule has 0 saturated heterocycles. The van der Waals surface area contributed by atoms with E-state index in [0.29, 0.717) is 0 Å². The smallest absolute Gasteiger partial charge is 0.145 e. The van der Waals surface area contributed by atoms with Gasteiger partial charge in [-0.15, -0.1) is 0 Å². The van der Waals surface area contributed by atoms with Crippen molar-refractivity contribution in [3.05, 3.63) is 53.9 Å². The van der Waals surface area contributed by atoms with Gasteiger partial charge >= 0.3 is 0 Å². The second kappa shape index (κ2) is 7.06. The Bertz CT molecular complexity index is 535. The highest BCUT2D eigenvalue weighted by Crippen LogP contribution is 2.22. The monoisotopic (exact) mass is 270 g/mol. The molecule has 3 heteroatoms. The molecule has 1 atom stereocenters. The highest BCUT2D eigenvalue weighted by molar-refractivity contribution is 5.33. The molecule has 2 N–H and O–H groups in total. The van der Waals surface area contributed by atoms with Crippen molar-refractivity contribution in [2.75, 3.05) is 0 Å². The molecular weight excluding hydrogens is 248 g/mol. The average molecular weight is 270 g/mol. The van der Waals surface area contributed by atoms with E-state index in [1.165, 1.54) is 5.56 Å². The summed E-state index contributed by atoms with van der Waals surface area (Å²) in [5.41, 5.74) is 8.24. The highest BCUT2D eigenvalue weighted by atomic mass is 16.5. The standard InChI is InChI=1S/C17H22N2O/c1-3-4-14-5-7-16(8-6-14)20-17-10-15(9-13(2)18)11-19-12-17/h5-8,10-13H,3-4,9,18H2,1-2H3. The molecule has 0 aliphatic heterocycles. The molecular formula is C17H22N2O. The molecule has 106 valence electrons. The van der Waals surface area contributed by atoms with Crippen LogP contribution in [0.2, 0.25) is 0 Å². The molecule has 0 aliphatic rings. The lowest BCUT2D eigenvalue weighted by atomic mass is 10.1. The van der Waals surface area contributed by atoms with E-state index in [2.05, 4.69) is 24.0 Å². The summed E-state index contributed by atoms with van der Waals surface area (Å²) in [6, 6.07) is 10.3. The van der Waals surface area contributed by atoms with E-state index >= 15 is 0 Å². The van der Waals surface area contributed by atoms with Crippen molar-refractivity contribution < 1.29 is 4.74 Å². The third-order valence-electron chi connectivity index (χ3n) is 3.03. The molecule has 2 aromatic rings. The second-order valence-corrected chi connectivity index (χ2v) is 5.21. The number of hydrogen-bond donors (Lipinski definition) is 1. The number of nitrogens with two attached hydrogens (primary N) is 1. The molecule has 2 rings (SSSR count). The van der Waals surface area contributed by atoms with Crippen LogP contribution in [0, 0.1) is 0 Å². The summed E-state index contributed by atoms with van der Waals surface area (Å²) in [4.78, 5) is 4.20. The number of benzene rings is 1. The van der Waals surface area contributed by atoms with Crippen molar-refractivity contribution in [1.29, 1.82) is 0 Å². The van der Waals surface area contributed by atoms with Gasteiger partial charge in [-0.3, -0.25) is 4.98 Å². The summed E-state index contributed by atoms with van der Waals surface area (Å²) in [6.07, 6.45) is 6.62. The summed E-state index contributed by atoms with van der Waals surface area (Å²) in [7, 11) is 0. The maximum absolute atomic E-state index is 5.83. The Morgan fingerprint density at radius 1 is 1.10 bits per heavy atom. The normalized spacial score (nSPS) is 12.2. The van der Waals surface area contributed by atoms with Crippen LogP contribution in [0.4, 0.5) is 0 Å². The number of hydrogen-bond acceptors (Lipinski definition) is 3. The van der Waals surface area contributed by atoms with Crippen LogP contribution in [0.15, 0.2) is 42.7 Å². The number of rotatable bonds is 6. The lowest BCUT2D eigenvalue weighted by molar-refractivity contribution is 0.479. The molecule has 0 saturated carbocycles. The fourth-order valence-electron chi connectivity index (χ4n) is 2.15. The summed E-state index contributed by atoms with van der Waals surface area (Å²) in [5, 5.41) is 0. The van der Waals surface area contributed by atoms with Gasteiger partial charge in [0, 0.05) is 12.2 Å². The third-order valence-corrected chi connectivity index (χ3v) is 3.03. The van der Waals surface area contributed by atoms with Gasteiger partial charge < -0.3 is 10.5 Å². The summed E-state index contributed by atoms with van der Waals surface area (Å²) in [5.74, 6) is 1.59. The van der Waals surface area contributed by atoms with Crippen molar-refractivity contribution in [2.24, 2.45) is 5.73 Å². The lowest BCUT2D eigenvalue weighted by Gasteiger charge is -2.09. The zero-order valence-electron chi connectivity index (χ0n) is 12.2. The van der Waals surface area contributed by atoms with Crippen molar-refractivity contribution in [2.45, 2.75) is 39.2 Å². The zero-order valence-corrected chi connectivity index (χ0v) is 12.2. The van der Waals surface area contributed by atoms with Crippen LogP contribution in [0.1, 0.15) is 31.4 Å². The Labute approximate surface area is 120 Å². The van der Waals surface area contributed by atoms with Gasteiger partial charge in [-0.25, -0.2) is 0 Å². The molecule has 0 radical (unpaired) electrons. The van der Waals surface area contributed by atoms with Crippen LogP contribution in [-0.2, 0) is 12.8 Å². The van der Waals surface area contributed by atoms with E-state index in [-0.39, 0.29) is 6.04 Å². The van der Waals surface area contributed by atoms with Crippen molar-refractivity contribution in [3.8, 4) is 11.5 Å². The largest absolute Gasteiger partial charge is 0.456 e. The lowest BCUT2D eigenvalue weighted by Crippen LogP contribution is -2.17. The Balaban J connectivity index is 2.05. The van der Waals surface area contributed by atoms with E-state index in [1.54, 1.807) is 6.20 Å². The topological polar surface area (TPSA) is 48.1 Å². The SMILES string of the molecule is CCCc1ccc(Oc2cncc(CC(C)N)c2)cc1. The maximum Gasteiger partial charge on any atom is 0.145 e. The second-order valence-electron chi connectivity index (χ2n) is 5.21. The molecule has 1 unspecified atom stereocenters. The van der Waals surface area contributed by atoms with Crippen molar-refractivity contribution >= 4 is 0 Å². The van der Waals surface area contributed by atoms with Crippen LogP contribution in [0.3, 0.4) is 0 Å². The highest BCUT2D eigenvalue weighted by Gasteiger charge is 2.02. The van der Waals surface area contributed by atoms with Gasteiger partial charge in [0.25, 0.3) is 0 Å². The Hall–Kier alpha value is -1.87. The number of pyridine rings is 1. The van der Waals surface area contributed by atoms with Gasteiger partial charge in [-0.2, -0.15) is 0 Å². The summed E-state index contributed by atoms with van der Waals surface area (Å²) in [6.45, 7) is 4.17. The van der Waals surface area contributed by atoms with Gasteiger partial charge in [0.1, 0.15) is 11.5 Å². The average Bonchev–Trinajstić information content (AvgIpc) is 2.41. The molecule has 0 fully saturated rings. The van der Waals surface area contributed by atoms with Gasteiger partial charge in [0.2, 0.25) is 0 Å². The first kappa shape index (κ1) is 14.5. The quantitative estimate of drug-likeness (QED) is 0.870. The molecule has 0 amide bonds. The number of ether oxygens (including phenoxy) is 1. The van der Waals surface area contributed by atoms with E-state index in [9.17, 15) is 0 Å². The van der Waals surface area contributed by atoms with Gasteiger partial charge in [0.15, 0.2) is 0 Å². The first-order valence-corrected chi connectivity index (χ1v) is 7.13. The van der Waals surface area contributed by atoms with Crippen molar-refractivity contribution in [1.82, 2.24) is 4.98 Å². The van der Waals surface area contributed by atoms with Crippen LogP contribution in [0.25, 0.3) is 0 Å². The Kier molecular flexibility index (Phi) is 5.13. The number of nitrogens with zero attached hydrogens (tertiary/aromatic N) is 1. The number of aromatic nitrogens is 1. The molecule has 3 nitrogen and oxygen atoms in total. The summed E-state index contributed by atoms with van der Waals surface area (Å²) >= 11 is 0. The minimum atomic E-state index is 0.125. The molecule has 0 aliphatic carbocycles. The van der Waals surface area contributed by atoms with Crippen LogP contribution < -0.4 is 10.5 Å². The molecule has 0 bridgehead atoms. The minimum absolute atomic E-state index is 0.125. The van der Waals surface area contributed by atoms with Crippen LogP contribution in [-0.4, -0.2) is 11.0 Å². The Morgan fingerprint density at radius 2 is 1.85 bits per heavy atom. The van der Waals surface area contributed by atoms with Crippen molar-refractivity contribution in [3.63, 3.8) is 0 Å². The van der Waals surface area contributed by atoms with Crippen LogP contribution in [0.5, 0.6) is 11.5 Å². The van der Waals surface area contributed by atoms with Gasteiger partial charge in [-0.05, 0) is 49.1 Å². The van der Waals surface area contributed by atoms with E-state index in [1.807, 2.05) is 31.3 Å². The Morgan fingerprint density at radius 3 is 2.50 bits per heavy atom. The van der Waals surface area contributed by atoms with E-state index in [0.717, 1.165) is 36.3 Å². The van der Waals surface area contributed by atoms with Gasteiger partial charge in [-0.1, -0.05) is 25.5 Å². The predicted octanol–water partition coefficient (Wildman–Crippen LogP) is 3.72. The zero-order chi connectivity index (χ0) is 14.4. The molecule has 20 heavy (non-hydrogen) atoms. The summed E-state index contributed by atoms with van der Waals surface area (Å²) < 4.78 is 5.83. The third kappa shape index (κ3) is 4.35. The van der Waals surface area contributed by atoms with E-state index < -0.39 is 0 Å². The molecule has 1 aromatic carbocycles. The van der Waals surface area contributed by atoms with Crippen LogP contribution >= 0.6 is 0 Å². The van der Waals surface area contributed by atoms with E-state index in [4.69, 9.17) is 10.5 Å². The first-order chi connectivity index (χ1) is 9.67. The minimum Gasteiger partial charge on any atom is -0.456 e. The first-order valence-electron chi connectivity index (χ1n) is 7.13. The van der Waals surface area contributed by atoms with Gasteiger partial charge in [0.05, 0.1) is 6.20 Å².